The summed E-state index contributed by atoms with van der Waals surface area (Å²) >= 11 is 0. The van der Waals surface area contributed by atoms with Gasteiger partial charge in [-0.3, -0.25) is 4.90 Å². The summed E-state index contributed by atoms with van der Waals surface area (Å²) in [6.07, 6.45) is 5.02. The predicted molar refractivity (Wildman–Crippen MR) is 85.3 cm³/mol. The molecule has 0 amide bonds. The van der Waals surface area contributed by atoms with Crippen molar-refractivity contribution in [3.05, 3.63) is 29.3 Å². The minimum absolute atomic E-state index is 0.731. The van der Waals surface area contributed by atoms with Gasteiger partial charge in [0, 0.05) is 30.9 Å². The van der Waals surface area contributed by atoms with Crippen LogP contribution in [0, 0.1) is 6.92 Å². The van der Waals surface area contributed by atoms with Crippen LogP contribution in [0.5, 0.6) is 0 Å². The van der Waals surface area contributed by atoms with Crippen LogP contribution in [-0.2, 0) is 6.42 Å². The van der Waals surface area contributed by atoms with Gasteiger partial charge in [-0.15, -0.1) is 0 Å². The molecule has 0 aliphatic carbocycles. The van der Waals surface area contributed by atoms with E-state index in [2.05, 4.69) is 42.0 Å². The molecule has 20 heavy (non-hydrogen) atoms. The van der Waals surface area contributed by atoms with Crippen molar-refractivity contribution in [2.75, 3.05) is 31.6 Å². The van der Waals surface area contributed by atoms with Gasteiger partial charge in [-0.1, -0.05) is 17.7 Å². The highest BCUT2D eigenvalue weighted by Crippen LogP contribution is 2.32. The summed E-state index contributed by atoms with van der Waals surface area (Å²) in [6, 6.07) is 8.39. The minimum Gasteiger partial charge on any atom is -0.370 e. The fourth-order valence-electron chi connectivity index (χ4n) is 3.91. The summed E-state index contributed by atoms with van der Waals surface area (Å²) in [5, 5.41) is 0. The van der Waals surface area contributed by atoms with Gasteiger partial charge in [0.25, 0.3) is 0 Å². The first kappa shape index (κ1) is 13.9. The Morgan fingerprint density at radius 2 is 2.00 bits per heavy atom. The lowest BCUT2D eigenvalue weighted by atomic mass is 10.0. The van der Waals surface area contributed by atoms with E-state index >= 15 is 0 Å². The Morgan fingerprint density at radius 1 is 1.20 bits per heavy atom. The number of benzene rings is 1. The van der Waals surface area contributed by atoms with Gasteiger partial charge >= 0.3 is 0 Å². The number of hydrogen-bond donors (Lipinski definition) is 1. The summed E-state index contributed by atoms with van der Waals surface area (Å²) in [6.45, 7) is 5.26. The first-order valence-electron chi connectivity index (χ1n) is 7.95. The van der Waals surface area contributed by atoms with Crippen LogP contribution in [0.3, 0.4) is 0 Å². The largest absolute Gasteiger partial charge is 0.370 e. The van der Waals surface area contributed by atoms with Gasteiger partial charge in [0.1, 0.15) is 0 Å². The zero-order valence-electron chi connectivity index (χ0n) is 12.8. The van der Waals surface area contributed by atoms with Gasteiger partial charge in [-0.25, -0.2) is 0 Å². The predicted octanol–water partition coefficient (Wildman–Crippen LogP) is 2.17. The Balaban J connectivity index is 1.85. The van der Waals surface area contributed by atoms with Gasteiger partial charge < -0.3 is 10.6 Å². The highest BCUT2D eigenvalue weighted by Gasteiger charge is 2.34. The molecule has 2 aliphatic rings. The molecule has 0 radical (unpaired) electrons. The molecule has 1 aromatic carbocycles. The van der Waals surface area contributed by atoms with Crippen LogP contribution >= 0.6 is 0 Å². The lowest BCUT2D eigenvalue weighted by molar-refractivity contribution is 0.254. The van der Waals surface area contributed by atoms with Crippen molar-refractivity contribution >= 4 is 5.69 Å². The van der Waals surface area contributed by atoms with E-state index in [0.717, 1.165) is 25.0 Å². The molecule has 2 saturated heterocycles. The number of likely N-dealkylation sites (N-methyl/N-ethyl adjacent to an activating group) is 1. The molecule has 0 spiro atoms. The van der Waals surface area contributed by atoms with Crippen LogP contribution in [0.25, 0.3) is 0 Å². The summed E-state index contributed by atoms with van der Waals surface area (Å²) in [7, 11) is 2.31. The molecule has 2 heterocycles. The molecular formula is C17H27N3. The minimum atomic E-state index is 0.731. The number of rotatable bonds is 3. The molecule has 2 unspecified atom stereocenters. The first-order valence-corrected chi connectivity index (χ1v) is 7.95. The third kappa shape index (κ3) is 2.57. The lowest BCUT2D eigenvalue weighted by Crippen LogP contribution is -2.37. The van der Waals surface area contributed by atoms with E-state index < -0.39 is 0 Å². The molecule has 3 rings (SSSR count). The Labute approximate surface area is 122 Å². The molecule has 1 aromatic rings. The van der Waals surface area contributed by atoms with Gasteiger partial charge in [-0.2, -0.15) is 0 Å². The van der Waals surface area contributed by atoms with E-state index in [1.54, 1.807) is 0 Å². The maximum absolute atomic E-state index is 5.80. The first-order chi connectivity index (χ1) is 9.69. The quantitative estimate of drug-likeness (QED) is 0.916. The second-order valence-electron chi connectivity index (χ2n) is 6.46. The second kappa shape index (κ2) is 5.74. The number of fused-ring (bicyclic) bond motifs is 2. The maximum atomic E-state index is 5.80. The molecule has 3 heteroatoms. The average Bonchev–Trinajstić information content (AvgIpc) is 2.65. The van der Waals surface area contributed by atoms with Crippen LogP contribution in [0.2, 0.25) is 0 Å². The normalized spacial score (nSPS) is 26.9. The van der Waals surface area contributed by atoms with Gasteiger partial charge in [0.15, 0.2) is 0 Å². The average molecular weight is 273 g/mol. The van der Waals surface area contributed by atoms with E-state index in [9.17, 15) is 0 Å². The SMILES string of the molecule is Cc1ccc(N2CCC3CCC(C2)N3C)c(CCN)c1. The van der Waals surface area contributed by atoms with Crippen LogP contribution in [0.15, 0.2) is 18.2 Å². The molecule has 0 saturated carbocycles. The molecule has 2 fully saturated rings. The van der Waals surface area contributed by atoms with Crippen LogP contribution in [0.4, 0.5) is 5.69 Å². The molecule has 2 N–H and O–H groups in total. The van der Waals surface area contributed by atoms with Crippen molar-refractivity contribution in [2.45, 2.75) is 44.7 Å². The van der Waals surface area contributed by atoms with Gasteiger partial charge in [0.05, 0.1) is 0 Å². The summed E-state index contributed by atoms with van der Waals surface area (Å²) < 4.78 is 0. The Hall–Kier alpha value is -1.06. The number of nitrogens with two attached hydrogens (primary N) is 1. The molecule has 0 aromatic heterocycles. The molecule has 3 nitrogen and oxygen atoms in total. The van der Waals surface area contributed by atoms with E-state index in [1.807, 2.05) is 0 Å². The summed E-state index contributed by atoms with van der Waals surface area (Å²) in [4.78, 5) is 5.21. The topological polar surface area (TPSA) is 32.5 Å². The van der Waals surface area contributed by atoms with E-state index in [1.165, 1.54) is 49.2 Å². The number of hydrogen-bond acceptors (Lipinski definition) is 3. The van der Waals surface area contributed by atoms with Crippen molar-refractivity contribution in [1.29, 1.82) is 0 Å². The van der Waals surface area contributed by atoms with E-state index in [-0.39, 0.29) is 0 Å². The van der Waals surface area contributed by atoms with Crippen molar-refractivity contribution in [3.63, 3.8) is 0 Å². The third-order valence-corrected chi connectivity index (χ3v) is 5.14. The van der Waals surface area contributed by atoms with Crippen LogP contribution in [0.1, 0.15) is 30.4 Å². The molecule has 2 atom stereocenters. The lowest BCUT2D eigenvalue weighted by Gasteiger charge is -2.29. The van der Waals surface area contributed by atoms with Crippen molar-refractivity contribution < 1.29 is 0 Å². The smallest absolute Gasteiger partial charge is 0.0399 e. The highest BCUT2D eigenvalue weighted by molar-refractivity contribution is 5.55. The summed E-state index contributed by atoms with van der Waals surface area (Å²) in [5.41, 5.74) is 9.98. The summed E-state index contributed by atoms with van der Waals surface area (Å²) in [5.74, 6) is 0. The maximum Gasteiger partial charge on any atom is 0.0399 e. The zero-order chi connectivity index (χ0) is 14.1. The van der Waals surface area contributed by atoms with Crippen LogP contribution < -0.4 is 10.6 Å². The van der Waals surface area contributed by atoms with Gasteiger partial charge in [0.2, 0.25) is 0 Å². The fraction of sp³-hybridized carbons (Fsp3) is 0.647. The fourth-order valence-corrected chi connectivity index (χ4v) is 3.91. The number of anilines is 1. The zero-order valence-corrected chi connectivity index (χ0v) is 12.8. The number of nitrogens with zero attached hydrogens (tertiary/aromatic N) is 2. The van der Waals surface area contributed by atoms with Gasteiger partial charge in [-0.05, 0) is 57.8 Å². The van der Waals surface area contributed by atoms with Crippen LogP contribution in [-0.4, -0.2) is 43.7 Å². The third-order valence-electron chi connectivity index (χ3n) is 5.14. The van der Waals surface area contributed by atoms with E-state index in [0.29, 0.717) is 0 Å². The molecule has 2 bridgehead atoms. The molecule has 2 aliphatic heterocycles. The van der Waals surface area contributed by atoms with E-state index in [4.69, 9.17) is 5.73 Å². The number of aryl methyl sites for hydroxylation is 1. The second-order valence-corrected chi connectivity index (χ2v) is 6.46. The monoisotopic (exact) mass is 273 g/mol. The Kier molecular flexibility index (Phi) is 3.99. The Bertz CT molecular complexity index is 471. The van der Waals surface area contributed by atoms with Crippen molar-refractivity contribution in [2.24, 2.45) is 5.73 Å². The van der Waals surface area contributed by atoms with Crippen molar-refractivity contribution in [3.8, 4) is 0 Å². The highest BCUT2D eigenvalue weighted by atomic mass is 15.3. The molecule has 110 valence electrons. The molecular weight excluding hydrogens is 246 g/mol. The van der Waals surface area contributed by atoms with Crippen molar-refractivity contribution in [1.82, 2.24) is 4.90 Å². The Morgan fingerprint density at radius 3 is 2.80 bits per heavy atom. The standard InChI is InChI=1S/C17H27N3/c1-13-3-6-17(14(11-13)7-9-18)20-10-8-15-4-5-16(12-20)19(15)2/h3,6,11,15-16H,4-5,7-10,12,18H2,1-2H3.